The molecular formula is C23H26N4O3. The lowest BCUT2D eigenvalue weighted by Gasteiger charge is -2.29. The Hall–Kier alpha value is -3.19. The van der Waals surface area contributed by atoms with Crippen molar-refractivity contribution in [1.82, 2.24) is 20.4 Å². The first kappa shape index (κ1) is 20.1. The molecule has 1 fully saturated rings. The van der Waals surface area contributed by atoms with Gasteiger partial charge in [0, 0.05) is 23.9 Å². The minimum atomic E-state index is -0.0927. The summed E-state index contributed by atoms with van der Waals surface area (Å²) < 4.78 is 11.2. The van der Waals surface area contributed by atoms with Gasteiger partial charge in [0.25, 0.3) is 5.91 Å². The lowest BCUT2D eigenvalue weighted by molar-refractivity contribution is 0.0916. The van der Waals surface area contributed by atoms with Gasteiger partial charge in [-0.2, -0.15) is 0 Å². The fraction of sp³-hybridized carbons (Fsp3) is 0.348. The molecule has 1 saturated heterocycles. The predicted octanol–water partition coefficient (Wildman–Crippen LogP) is 3.45. The standard InChI is InChI=1S/C23H26N4O3/c1-16-20(22(26-30-16)17-6-4-3-5-7-17)15-29-21-9-8-18(14-24-21)23(28)25-19-10-12-27(2)13-11-19/h3-9,14,19H,10-13,15H2,1-2H3,(H,25,28). The van der Waals surface area contributed by atoms with E-state index in [2.05, 4.69) is 27.4 Å². The predicted molar refractivity (Wildman–Crippen MR) is 113 cm³/mol. The zero-order chi connectivity index (χ0) is 20.9. The van der Waals surface area contributed by atoms with Gasteiger partial charge in [-0.25, -0.2) is 4.98 Å². The monoisotopic (exact) mass is 406 g/mol. The lowest BCUT2D eigenvalue weighted by atomic mass is 10.1. The van der Waals surface area contributed by atoms with Crippen LogP contribution >= 0.6 is 0 Å². The van der Waals surface area contributed by atoms with Crippen molar-refractivity contribution in [1.29, 1.82) is 0 Å². The van der Waals surface area contributed by atoms with E-state index in [1.165, 1.54) is 0 Å². The average Bonchev–Trinajstić information content (AvgIpc) is 3.15. The Morgan fingerprint density at radius 2 is 1.97 bits per heavy atom. The Bertz CT molecular complexity index is 977. The van der Waals surface area contributed by atoms with E-state index in [1.807, 2.05) is 37.3 Å². The molecule has 3 aromatic rings. The van der Waals surface area contributed by atoms with Gasteiger partial charge in [0.15, 0.2) is 0 Å². The average molecular weight is 406 g/mol. The number of benzene rings is 1. The summed E-state index contributed by atoms with van der Waals surface area (Å²) in [5, 5.41) is 7.26. The van der Waals surface area contributed by atoms with Gasteiger partial charge in [-0.3, -0.25) is 4.79 Å². The Morgan fingerprint density at radius 3 is 2.67 bits per heavy atom. The maximum absolute atomic E-state index is 12.5. The highest BCUT2D eigenvalue weighted by atomic mass is 16.5. The molecule has 1 aromatic carbocycles. The third-order valence-electron chi connectivity index (χ3n) is 5.45. The largest absolute Gasteiger partial charge is 0.473 e. The number of aryl methyl sites for hydroxylation is 1. The van der Waals surface area contributed by atoms with Gasteiger partial charge in [-0.05, 0) is 46.0 Å². The van der Waals surface area contributed by atoms with Crippen LogP contribution in [-0.2, 0) is 6.61 Å². The maximum atomic E-state index is 12.5. The zero-order valence-electron chi connectivity index (χ0n) is 17.3. The first-order valence-electron chi connectivity index (χ1n) is 10.2. The van der Waals surface area contributed by atoms with Crippen LogP contribution < -0.4 is 10.1 Å². The van der Waals surface area contributed by atoms with E-state index in [1.54, 1.807) is 18.3 Å². The van der Waals surface area contributed by atoms with Crippen molar-refractivity contribution in [2.45, 2.75) is 32.4 Å². The number of hydrogen-bond acceptors (Lipinski definition) is 6. The van der Waals surface area contributed by atoms with Crippen molar-refractivity contribution >= 4 is 5.91 Å². The smallest absolute Gasteiger partial charge is 0.253 e. The molecule has 1 aliphatic heterocycles. The van der Waals surface area contributed by atoms with E-state index in [0.29, 0.717) is 17.2 Å². The Morgan fingerprint density at radius 1 is 1.20 bits per heavy atom. The van der Waals surface area contributed by atoms with E-state index < -0.39 is 0 Å². The summed E-state index contributed by atoms with van der Waals surface area (Å²) in [4.78, 5) is 19.0. The number of piperidine rings is 1. The minimum Gasteiger partial charge on any atom is -0.473 e. The number of pyridine rings is 1. The van der Waals surface area contributed by atoms with Gasteiger partial charge < -0.3 is 19.5 Å². The molecule has 0 radical (unpaired) electrons. The second-order valence-electron chi connectivity index (χ2n) is 7.66. The molecule has 2 aromatic heterocycles. The van der Waals surface area contributed by atoms with Crippen molar-refractivity contribution in [2.75, 3.05) is 20.1 Å². The number of nitrogens with one attached hydrogen (secondary N) is 1. The molecule has 0 bridgehead atoms. The molecule has 7 heteroatoms. The first-order valence-corrected chi connectivity index (χ1v) is 10.2. The van der Waals surface area contributed by atoms with Crippen molar-refractivity contribution < 1.29 is 14.1 Å². The van der Waals surface area contributed by atoms with Crippen LogP contribution in [0.25, 0.3) is 11.3 Å². The van der Waals surface area contributed by atoms with Crippen LogP contribution in [0.4, 0.5) is 0 Å². The molecule has 0 spiro atoms. The number of ether oxygens (including phenoxy) is 1. The molecule has 0 aliphatic carbocycles. The van der Waals surface area contributed by atoms with Gasteiger partial charge in [-0.1, -0.05) is 35.5 Å². The summed E-state index contributed by atoms with van der Waals surface area (Å²) in [6, 6.07) is 13.5. The summed E-state index contributed by atoms with van der Waals surface area (Å²) in [7, 11) is 2.10. The number of hydrogen-bond donors (Lipinski definition) is 1. The van der Waals surface area contributed by atoms with Crippen LogP contribution in [0, 0.1) is 6.92 Å². The molecule has 156 valence electrons. The second-order valence-corrected chi connectivity index (χ2v) is 7.66. The summed E-state index contributed by atoms with van der Waals surface area (Å²) in [5.41, 5.74) is 3.16. The van der Waals surface area contributed by atoms with Crippen LogP contribution in [0.3, 0.4) is 0 Å². The van der Waals surface area contributed by atoms with Crippen molar-refractivity contribution in [2.24, 2.45) is 0 Å². The third-order valence-corrected chi connectivity index (χ3v) is 5.45. The second kappa shape index (κ2) is 9.09. The SMILES string of the molecule is Cc1onc(-c2ccccc2)c1COc1ccc(C(=O)NC2CCN(C)CC2)cn1. The Kier molecular flexibility index (Phi) is 6.09. The topological polar surface area (TPSA) is 80.5 Å². The Balaban J connectivity index is 1.37. The molecule has 3 heterocycles. The van der Waals surface area contributed by atoms with Crippen LogP contribution in [0.1, 0.15) is 34.5 Å². The van der Waals surface area contributed by atoms with Crippen LogP contribution in [0.15, 0.2) is 53.2 Å². The first-order chi connectivity index (χ1) is 14.6. The van der Waals surface area contributed by atoms with E-state index in [9.17, 15) is 4.79 Å². The summed E-state index contributed by atoms with van der Waals surface area (Å²) in [6.45, 7) is 4.15. The van der Waals surface area contributed by atoms with Gasteiger partial charge >= 0.3 is 0 Å². The van der Waals surface area contributed by atoms with Crippen LogP contribution in [0.2, 0.25) is 0 Å². The molecular weight excluding hydrogens is 380 g/mol. The van der Waals surface area contributed by atoms with E-state index >= 15 is 0 Å². The maximum Gasteiger partial charge on any atom is 0.253 e. The molecule has 7 nitrogen and oxygen atoms in total. The highest BCUT2D eigenvalue weighted by Crippen LogP contribution is 2.26. The highest BCUT2D eigenvalue weighted by molar-refractivity contribution is 5.94. The fourth-order valence-corrected chi connectivity index (χ4v) is 3.55. The van der Waals surface area contributed by atoms with Gasteiger partial charge in [0.2, 0.25) is 5.88 Å². The summed E-state index contributed by atoms with van der Waals surface area (Å²) >= 11 is 0. The zero-order valence-corrected chi connectivity index (χ0v) is 17.3. The number of rotatable bonds is 6. The minimum absolute atomic E-state index is 0.0927. The molecule has 1 N–H and O–H groups in total. The molecule has 1 amide bonds. The molecule has 0 unspecified atom stereocenters. The third kappa shape index (κ3) is 4.68. The fourth-order valence-electron chi connectivity index (χ4n) is 3.55. The number of likely N-dealkylation sites (tertiary alicyclic amines) is 1. The summed E-state index contributed by atoms with van der Waals surface area (Å²) in [5.74, 6) is 1.07. The number of nitrogens with zero attached hydrogens (tertiary/aromatic N) is 3. The van der Waals surface area contributed by atoms with Crippen molar-refractivity contribution in [3.05, 3.63) is 65.5 Å². The van der Waals surface area contributed by atoms with Crippen LogP contribution in [-0.4, -0.2) is 47.1 Å². The number of amides is 1. The number of aromatic nitrogens is 2. The number of carbonyl (C=O) groups is 1. The van der Waals surface area contributed by atoms with E-state index in [-0.39, 0.29) is 18.6 Å². The van der Waals surface area contributed by atoms with Crippen molar-refractivity contribution in [3.8, 4) is 17.1 Å². The highest BCUT2D eigenvalue weighted by Gasteiger charge is 2.19. The molecule has 1 aliphatic rings. The van der Waals surface area contributed by atoms with Gasteiger partial charge in [-0.15, -0.1) is 0 Å². The van der Waals surface area contributed by atoms with Gasteiger partial charge in [0.1, 0.15) is 18.1 Å². The molecule has 0 saturated carbocycles. The van der Waals surface area contributed by atoms with E-state index in [0.717, 1.165) is 42.8 Å². The van der Waals surface area contributed by atoms with Gasteiger partial charge in [0.05, 0.1) is 11.1 Å². The van der Waals surface area contributed by atoms with Crippen LogP contribution in [0.5, 0.6) is 5.88 Å². The van der Waals surface area contributed by atoms with Crippen molar-refractivity contribution in [3.63, 3.8) is 0 Å². The number of carbonyl (C=O) groups excluding carboxylic acids is 1. The van der Waals surface area contributed by atoms with E-state index in [4.69, 9.17) is 9.26 Å². The quantitative estimate of drug-likeness (QED) is 0.675. The molecule has 4 rings (SSSR count). The normalized spacial score (nSPS) is 15.1. The molecule has 30 heavy (non-hydrogen) atoms. The summed E-state index contributed by atoms with van der Waals surface area (Å²) in [6.07, 6.45) is 3.50. The lowest BCUT2D eigenvalue weighted by Crippen LogP contribution is -2.43. The Labute approximate surface area is 176 Å². The molecule has 0 atom stereocenters.